The van der Waals surface area contributed by atoms with Crippen LogP contribution in [0.2, 0.25) is 0 Å². The maximum absolute atomic E-state index is 4.61. The van der Waals surface area contributed by atoms with Crippen LogP contribution >= 0.6 is 0 Å². The highest BCUT2D eigenvalue weighted by atomic mass is 14.7. The van der Waals surface area contributed by atoms with Gasteiger partial charge in [0.05, 0.1) is 0 Å². The van der Waals surface area contributed by atoms with Crippen molar-refractivity contribution in [1.82, 2.24) is 4.98 Å². The zero-order valence-corrected chi connectivity index (χ0v) is 11.8. The largest absolute Gasteiger partial charge is 0.261 e. The lowest BCUT2D eigenvalue weighted by Gasteiger charge is -2.12. The summed E-state index contributed by atoms with van der Waals surface area (Å²) in [5, 5.41) is 0. The van der Waals surface area contributed by atoms with Crippen LogP contribution in [0.25, 0.3) is 0 Å². The van der Waals surface area contributed by atoms with E-state index in [1.165, 1.54) is 56.2 Å². The van der Waals surface area contributed by atoms with E-state index in [1.54, 1.807) is 5.56 Å². The fourth-order valence-electron chi connectivity index (χ4n) is 2.33. The first-order chi connectivity index (χ1) is 8.33. The molecule has 0 N–H and O–H groups in total. The molecule has 0 bridgehead atoms. The van der Waals surface area contributed by atoms with Gasteiger partial charge < -0.3 is 0 Å². The Morgan fingerprint density at radius 1 is 0.941 bits per heavy atom. The van der Waals surface area contributed by atoms with Crippen molar-refractivity contribution in [2.24, 2.45) is 0 Å². The molecule has 0 saturated carbocycles. The summed E-state index contributed by atoms with van der Waals surface area (Å²) in [6, 6.07) is 2.20. The fourth-order valence-corrected chi connectivity index (χ4v) is 2.33. The minimum absolute atomic E-state index is 1.14. The summed E-state index contributed by atoms with van der Waals surface area (Å²) < 4.78 is 0. The van der Waals surface area contributed by atoms with Gasteiger partial charge in [-0.05, 0) is 49.3 Å². The van der Waals surface area contributed by atoms with E-state index in [2.05, 4.69) is 31.8 Å². The first-order valence-electron chi connectivity index (χ1n) is 7.29. The van der Waals surface area contributed by atoms with Crippen molar-refractivity contribution in [2.75, 3.05) is 0 Å². The van der Waals surface area contributed by atoms with Crippen LogP contribution in [0.1, 0.15) is 69.7 Å². The van der Waals surface area contributed by atoms with Gasteiger partial charge in [0.2, 0.25) is 0 Å². The number of hydrogen-bond acceptors (Lipinski definition) is 1. The number of pyridine rings is 1. The van der Waals surface area contributed by atoms with E-state index >= 15 is 0 Å². The van der Waals surface area contributed by atoms with Crippen molar-refractivity contribution < 1.29 is 0 Å². The Labute approximate surface area is 107 Å². The lowest BCUT2D eigenvalue weighted by atomic mass is 9.96. The van der Waals surface area contributed by atoms with Crippen LogP contribution in [-0.4, -0.2) is 4.98 Å². The molecule has 0 aliphatic heterocycles. The second-order valence-electron chi connectivity index (χ2n) is 4.81. The number of unbranched alkanes of at least 4 members (excludes halogenated alkanes) is 3. The number of nitrogens with zero attached hydrogens (tertiary/aromatic N) is 1. The molecule has 1 aromatic rings. The van der Waals surface area contributed by atoms with Crippen molar-refractivity contribution in [3.8, 4) is 0 Å². The number of aromatic nitrogens is 1. The molecule has 96 valence electrons. The molecule has 1 rings (SSSR count). The van der Waals surface area contributed by atoms with Crippen LogP contribution in [0.5, 0.6) is 0 Å². The molecule has 17 heavy (non-hydrogen) atoms. The molecule has 0 atom stereocenters. The Hall–Kier alpha value is -0.850. The van der Waals surface area contributed by atoms with Gasteiger partial charge in [0.1, 0.15) is 0 Å². The molecular formula is C16H27N. The molecule has 0 spiro atoms. The van der Waals surface area contributed by atoms with Gasteiger partial charge >= 0.3 is 0 Å². The van der Waals surface area contributed by atoms with Gasteiger partial charge in [-0.25, -0.2) is 0 Å². The highest BCUT2D eigenvalue weighted by Gasteiger charge is 2.07. The molecular weight excluding hydrogens is 206 g/mol. The van der Waals surface area contributed by atoms with Crippen molar-refractivity contribution in [1.29, 1.82) is 0 Å². The third kappa shape index (κ3) is 4.49. The van der Waals surface area contributed by atoms with E-state index in [1.807, 2.05) is 6.20 Å². The number of hydrogen-bond donors (Lipinski definition) is 0. The van der Waals surface area contributed by atoms with Gasteiger partial charge in [-0.2, -0.15) is 0 Å². The number of rotatable bonds is 8. The summed E-state index contributed by atoms with van der Waals surface area (Å²) in [4.78, 5) is 4.61. The monoisotopic (exact) mass is 233 g/mol. The molecule has 0 unspecified atom stereocenters. The zero-order valence-electron chi connectivity index (χ0n) is 11.8. The van der Waals surface area contributed by atoms with Crippen LogP contribution < -0.4 is 0 Å². The van der Waals surface area contributed by atoms with E-state index in [4.69, 9.17) is 0 Å². The highest BCUT2D eigenvalue weighted by molar-refractivity contribution is 5.30. The van der Waals surface area contributed by atoms with Gasteiger partial charge in [0.25, 0.3) is 0 Å². The van der Waals surface area contributed by atoms with Crippen molar-refractivity contribution >= 4 is 0 Å². The Morgan fingerprint density at radius 3 is 2.35 bits per heavy atom. The molecule has 0 fully saturated rings. The predicted octanol–water partition coefficient (Wildman–Crippen LogP) is 4.72. The standard InChI is InChI=1S/C16H27N/c1-4-7-9-11-16-15(10-8-5-2)14(6-3)12-13-17-16/h12-13H,4-11H2,1-3H3. The van der Waals surface area contributed by atoms with E-state index in [0.29, 0.717) is 0 Å². The summed E-state index contributed by atoms with van der Waals surface area (Å²) in [5.41, 5.74) is 4.43. The molecule has 1 heteroatoms. The third-order valence-corrected chi connectivity index (χ3v) is 3.42. The summed E-state index contributed by atoms with van der Waals surface area (Å²) >= 11 is 0. The Morgan fingerprint density at radius 2 is 1.71 bits per heavy atom. The summed E-state index contributed by atoms with van der Waals surface area (Å²) in [6.45, 7) is 6.77. The van der Waals surface area contributed by atoms with Crippen LogP contribution in [0.4, 0.5) is 0 Å². The minimum Gasteiger partial charge on any atom is -0.261 e. The van der Waals surface area contributed by atoms with Crippen LogP contribution in [0, 0.1) is 0 Å². The van der Waals surface area contributed by atoms with Crippen molar-refractivity contribution in [2.45, 2.75) is 72.1 Å². The van der Waals surface area contributed by atoms with E-state index in [0.717, 1.165) is 6.42 Å². The Kier molecular flexibility index (Phi) is 6.91. The normalized spacial score (nSPS) is 10.8. The lowest BCUT2D eigenvalue weighted by molar-refractivity contribution is 0.692. The minimum atomic E-state index is 1.14. The van der Waals surface area contributed by atoms with Crippen LogP contribution in [-0.2, 0) is 19.3 Å². The van der Waals surface area contributed by atoms with Crippen molar-refractivity contribution in [3.05, 3.63) is 29.1 Å². The summed E-state index contributed by atoms with van der Waals surface area (Å²) in [5.74, 6) is 0. The van der Waals surface area contributed by atoms with Gasteiger partial charge in [0, 0.05) is 11.9 Å². The molecule has 0 aromatic carbocycles. The fraction of sp³-hybridized carbons (Fsp3) is 0.688. The van der Waals surface area contributed by atoms with Gasteiger partial charge in [-0.3, -0.25) is 4.98 Å². The quantitative estimate of drug-likeness (QED) is 0.592. The van der Waals surface area contributed by atoms with Gasteiger partial charge in [-0.1, -0.05) is 40.0 Å². The van der Waals surface area contributed by atoms with E-state index < -0.39 is 0 Å². The second kappa shape index (κ2) is 8.27. The second-order valence-corrected chi connectivity index (χ2v) is 4.81. The SMILES string of the molecule is CCCCCc1nccc(CC)c1CCCC. The molecule has 0 aliphatic rings. The van der Waals surface area contributed by atoms with Gasteiger partial charge in [-0.15, -0.1) is 0 Å². The topological polar surface area (TPSA) is 12.9 Å². The molecule has 0 saturated heterocycles. The molecule has 0 aliphatic carbocycles. The molecule has 1 heterocycles. The highest BCUT2D eigenvalue weighted by Crippen LogP contribution is 2.18. The van der Waals surface area contributed by atoms with Crippen LogP contribution in [0.3, 0.4) is 0 Å². The predicted molar refractivity (Wildman–Crippen MR) is 75.5 cm³/mol. The molecule has 1 nitrogen and oxygen atoms in total. The lowest BCUT2D eigenvalue weighted by Crippen LogP contribution is -2.03. The smallest absolute Gasteiger partial charge is 0.0438 e. The average Bonchev–Trinajstić information content (AvgIpc) is 2.37. The average molecular weight is 233 g/mol. The molecule has 0 radical (unpaired) electrons. The summed E-state index contributed by atoms with van der Waals surface area (Å²) in [7, 11) is 0. The van der Waals surface area contributed by atoms with E-state index in [-0.39, 0.29) is 0 Å². The zero-order chi connectivity index (χ0) is 12.5. The van der Waals surface area contributed by atoms with Crippen LogP contribution in [0.15, 0.2) is 12.3 Å². The van der Waals surface area contributed by atoms with Crippen molar-refractivity contribution in [3.63, 3.8) is 0 Å². The Bertz CT molecular complexity index is 317. The summed E-state index contributed by atoms with van der Waals surface area (Å²) in [6.07, 6.45) is 12.0. The van der Waals surface area contributed by atoms with E-state index in [9.17, 15) is 0 Å². The molecule has 1 aromatic heterocycles. The number of aryl methyl sites for hydroxylation is 2. The maximum atomic E-state index is 4.61. The first kappa shape index (κ1) is 14.2. The van der Waals surface area contributed by atoms with Gasteiger partial charge in [0.15, 0.2) is 0 Å². The maximum Gasteiger partial charge on any atom is 0.0438 e. The third-order valence-electron chi connectivity index (χ3n) is 3.42. The molecule has 0 amide bonds. The first-order valence-corrected chi connectivity index (χ1v) is 7.29. The Balaban J connectivity index is 2.77.